The van der Waals surface area contributed by atoms with Crippen molar-refractivity contribution >= 4 is 11.8 Å². The standard InChI is InChI=1S/C34H39N5O2/c35-20-9-14-32-34(41)39(25-31(26-10-3-1-4-11-26)27-12-5-2-6-13-27)23-19-29(37-32)24-36-33(40)28-15-17-30(18-16-28)38-21-7-8-22-38/h1-8,10-13,15-18,21-22,29,31-32,37H,9,14,19-20,23-25,35H2,(H,36,40). The number of benzene rings is 3. The molecular formula is C34H39N5O2. The largest absolute Gasteiger partial charge is 0.350 e. The molecular weight excluding hydrogens is 510 g/mol. The number of carbonyl (C=O) groups excluding carboxylic acids is 2. The number of aromatic nitrogens is 1. The minimum atomic E-state index is -0.337. The Kier molecular flexibility index (Phi) is 9.62. The first-order valence-corrected chi connectivity index (χ1v) is 14.5. The second kappa shape index (κ2) is 13.9. The van der Waals surface area contributed by atoms with Crippen molar-refractivity contribution in [2.24, 2.45) is 5.73 Å². The fraction of sp³-hybridized carbons (Fsp3) is 0.294. The van der Waals surface area contributed by atoms with Crippen LogP contribution in [0.4, 0.5) is 0 Å². The molecule has 2 amide bonds. The van der Waals surface area contributed by atoms with Gasteiger partial charge in [-0.1, -0.05) is 60.7 Å². The molecule has 4 aromatic rings. The molecule has 3 aromatic carbocycles. The van der Waals surface area contributed by atoms with Gasteiger partial charge in [0.25, 0.3) is 5.91 Å². The Bertz CT molecular complexity index is 1330. The quantitative estimate of drug-likeness (QED) is 0.260. The van der Waals surface area contributed by atoms with Gasteiger partial charge in [0, 0.05) is 55.2 Å². The molecule has 1 aliphatic rings. The lowest BCUT2D eigenvalue weighted by molar-refractivity contribution is -0.133. The lowest BCUT2D eigenvalue weighted by Gasteiger charge is -2.29. The summed E-state index contributed by atoms with van der Waals surface area (Å²) in [5.74, 6) is 0.0528. The van der Waals surface area contributed by atoms with E-state index in [-0.39, 0.29) is 29.8 Å². The lowest BCUT2D eigenvalue weighted by Crippen LogP contribution is -2.49. The van der Waals surface area contributed by atoms with Crippen molar-refractivity contribution in [2.45, 2.75) is 37.3 Å². The third-order valence-corrected chi connectivity index (χ3v) is 7.84. The second-order valence-electron chi connectivity index (χ2n) is 10.6. The molecule has 0 aliphatic carbocycles. The highest BCUT2D eigenvalue weighted by atomic mass is 16.2. The second-order valence-corrected chi connectivity index (χ2v) is 10.6. The summed E-state index contributed by atoms with van der Waals surface area (Å²) in [6, 6.07) is 31.9. The first kappa shape index (κ1) is 28.3. The van der Waals surface area contributed by atoms with Crippen molar-refractivity contribution in [3.8, 4) is 5.69 Å². The van der Waals surface area contributed by atoms with E-state index in [0.29, 0.717) is 38.2 Å². The Morgan fingerprint density at radius 2 is 1.54 bits per heavy atom. The molecule has 212 valence electrons. The van der Waals surface area contributed by atoms with Crippen LogP contribution in [0.25, 0.3) is 5.69 Å². The van der Waals surface area contributed by atoms with Gasteiger partial charge in [-0.05, 0) is 73.3 Å². The van der Waals surface area contributed by atoms with Crippen LogP contribution >= 0.6 is 0 Å². The van der Waals surface area contributed by atoms with Gasteiger partial charge in [-0.15, -0.1) is 0 Å². The summed E-state index contributed by atoms with van der Waals surface area (Å²) in [5, 5.41) is 6.64. The van der Waals surface area contributed by atoms with Crippen LogP contribution < -0.4 is 16.4 Å². The summed E-state index contributed by atoms with van der Waals surface area (Å²) in [7, 11) is 0. The van der Waals surface area contributed by atoms with Gasteiger partial charge in [0.05, 0.1) is 6.04 Å². The van der Waals surface area contributed by atoms with Gasteiger partial charge in [-0.2, -0.15) is 0 Å². The van der Waals surface area contributed by atoms with Crippen LogP contribution in [-0.2, 0) is 4.79 Å². The Balaban J connectivity index is 1.27. The number of hydrogen-bond donors (Lipinski definition) is 3. The van der Waals surface area contributed by atoms with E-state index in [1.807, 2.05) is 94.7 Å². The molecule has 2 atom stereocenters. The van der Waals surface area contributed by atoms with Crippen molar-refractivity contribution in [1.29, 1.82) is 0 Å². The van der Waals surface area contributed by atoms with E-state index >= 15 is 0 Å². The van der Waals surface area contributed by atoms with Crippen molar-refractivity contribution in [1.82, 2.24) is 20.1 Å². The SMILES string of the molecule is NCCCC1NC(CNC(=O)c2ccc(-n3cccc3)cc2)CCN(CC(c2ccccc2)c2ccccc2)C1=O. The maximum atomic E-state index is 13.8. The average Bonchev–Trinajstić information content (AvgIpc) is 3.52. The van der Waals surface area contributed by atoms with E-state index in [9.17, 15) is 9.59 Å². The molecule has 1 aromatic heterocycles. The molecule has 4 N–H and O–H groups in total. The molecule has 0 spiro atoms. The number of rotatable bonds is 11. The highest BCUT2D eigenvalue weighted by Gasteiger charge is 2.32. The summed E-state index contributed by atoms with van der Waals surface area (Å²) in [5.41, 5.74) is 9.82. The zero-order chi connectivity index (χ0) is 28.4. The minimum Gasteiger partial charge on any atom is -0.350 e. The van der Waals surface area contributed by atoms with Gasteiger partial charge in [0.1, 0.15) is 0 Å². The molecule has 1 aliphatic heterocycles. The Morgan fingerprint density at radius 1 is 0.902 bits per heavy atom. The van der Waals surface area contributed by atoms with Crippen LogP contribution in [0.3, 0.4) is 0 Å². The van der Waals surface area contributed by atoms with Crippen LogP contribution in [0.15, 0.2) is 109 Å². The van der Waals surface area contributed by atoms with E-state index in [2.05, 4.69) is 34.9 Å². The van der Waals surface area contributed by atoms with E-state index < -0.39 is 0 Å². The number of nitrogens with zero attached hydrogens (tertiary/aromatic N) is 2. The topological polar surface area (TPSA) is 92.4 Å². The van der Waals surface area contributed by atoms with Crippen LogP contribution in [0.2, 0.25) is 0 Å². The fourth-order valence-electron chi connectivity index (χ4n) is 5.56. The molecule has 7 nitrogen and oxygen atoms in total. The summed E-state index contributed by atoms with van der Waals surface area (Å²) in [6.07, 6.45) is 6.11. The monoisotopic (exact) mass is 549 g/mol. The maximum Gasteiger partial charge on any atom is 0.251 e. The number of nitrogens with two attached hydrogens (primary N) is 1. The molecule has 41 heavy (non-hydrogen) atoms. The fourth-order valence-corrected chi connectivity index (χ4v) is 5.56. The predicted molar refractivity (Wildman–Crippen MR) is 163 cm³/mol. The Morgan fingerprint density at radius 3 is 2.15 bits per heavy atom. The van der Waals surface area contributed by atoms with E-state index in [0.717, 1.165) is 18.5 Å². The van der Waals surface area contributed by atoms with Crippen LogP contribution in [0.1, 0.15) is 46.7 Å². The number of carbonyl (C=O) groups is 2. The molecule has 7 heteroatoms. The summed E-state index contributed by atoms with van der Waals surface area (Å²) in [6.45, 7) is 2.19. The normalized spacial score (nSPS) is 17.4. The first-order chi connectivity index (χ1) is 20.1. The first-order valence-electron chi connectivity index (χ1n) is 14.5. The molecule has 2 unspecified atom stereocenters. The molecule has 1 saturated heterocycles. The minimum absolute atomic E-state index is 0.0262. The highest BCUT2D eigenvalue weighted by molar-refractivity contribution is 5.94. The van der Waals surface area contributed by atoms with Gasteiger partial charge >= 0.3 is 0 Å². The van der Waals surface area contributed by atoms with Crippen molar-refractivity contribution in [2.75, 3.05) is 26.2 Å². The molecule has 2 heterocycles. The van der Waals surface area contributed by atoms with Crippen molar-refractivity contribution in [3.05, 3.63) is 126 Å². The average molecular weight is 550 g/mol. The Labute approximate surface area is 242 Å². The predicted octanol–water partition coefficient (Wildman–Crippen LogP) is 4.34. The number of amides is 2. The molecule has 0 radical (unpaired) electrons. The van der Waals surface area contributed by atoms with E-state index in [1.54, 1.807) is 0 Å². The van der Waals surface area contributed by atoms with Crippen molar-refractivity contribution in [3.63, 3.8) is 0 Å². The van der Waals surface area contributed by atoms with Crippen LogP contribution in [0.5, 0.6) is 0 Å². The third-order valence-electron chi connectivity index (χ3n) is 7.84. The van der Waals surface area contributed by atoms with Gasteiger partial charge < -0.3 is 25.8 Å². The van der Waals surface area contributed by atoms with Crippen molar-refractivity contribution < 1.29 is 9.59 Å². The van der Waals surface area contributed by atoms with Crippen LogP contribution in [0, 0.1) is 0 Å². The summed E-state index contributed by atoms with van der Waals surface area (Å²) >= 11 is 0. The van der Waals surface area contributed by atoms with Gasteiger partial charge in [0.2, 0.25) is 5.91 Å². The lowest BCUT2D eigenvalue weighted by atomic mass is 9.90. The zero-order valence-electron chi connectivity index (χ0n) is 23.4. The molecule has 0 saturated carbocycles. The van der Waals surface area contributed by atoms with Gasteiger partial charge in [-0.25, -0.2) is 0 Å². The molecule has 5 rings (SSSR count). The van der Waals surface area contributed by atoms with Gasteiger partial charge in [-0.3, -0.25) is 9.59 Å². The summed E-state index contributed by atoms with van der Waals surface area (Å²) in [4.78, 5) is 28.8. The van der Waals surface area contributed by atoms with Gasteiger partial charge in [0.15, 0.2) is 0 Å². The molecule has 1 fully saturated rings. The summed E-state index contributed by atoms with van der Waals surface area (Å²) < 4.78 is 2.00. The van der Waals surface area contributed by atoms with Crippen LogP contribution in [-0.4, -0.2) is 59.5 Å². The molecule has 0 bridgehead atoms. The zero-order valence-corrected chi connectivity index (χ0v) is 23.4. The smallest absolute Gasteiger partial charge is 0.251 e. The van der Waals surface area contributed by atoms with E-state index in [1.165, 1.54) is 11.1 Å². The van der Waals surface area contributed by atoms with E-state index in [4.69, 9.17) is 5.73 Å². The maximum absolute atomic E-state index is 13.8. The third kappa shape index (κ3) is 7.31. The highest BCUT2D eigenvalue weighted by Crippen LogP contribution is 2.27. The number of hydrogen-bond acceptors (Lipinski definition) is 4. The Hall–Kier alpha value is -4.20. The number of nitrogens with one attached hydrogen (secondary N) is 2.